The molecule has 0 bridgehead atoms. The van der Waals surface area contributed by atoms with E-state index in [9.17, 15) is 9.59 Å². The molecule has 0 aliphatic carbocycles. The van der Waals surface area contributed by atoms with Gasteiger partial charge in [-0.3, -0.25) is 9.59 Å². The van der Waals surface area contributed by atoms with Gasteiger partial charge in [-0.05, 0) is 13.8 Å². The number of primary amides is 2. The molecule has 142 valence electrons. The molecule has 10 nitrogen and oxygen atoms in total. The van der Waals surface area contributed by atoms with Crippen LogP contribution < -0.4 is 11.5 Å². The van der Waals surface area contributed by atoms with Gasteiger partial charge in [-0.2, -0.15) is 5.10 Å². The maximum absolute atomic E-state index is 11.4. The predicted molar refractivity (Wildman–Crippen MR) is 97.4 cm³/mol. The average Bonchev–Trinajstić information content (AvgIpc) is 2.98. The Balaban J connectivity index is 2.42. The standard InChI is InChI=1S/C14H20N6O4S2/c1-7(10(15)22)25-13-9-5-17-20(6-24-4-3-21)12(9)18-14(19-13)26-8(2)11(16)23/h5,7-8,21H,3-4,6H2,1-2H3,(H2,15,22)(H2,16,23). The van der Waals surface area contributed by atoms with Crippen LogP contribution in [-0.2, 0) is 21.1 Å². The van der Waals surface area contributed by atoms with Crippen molar-refractivity contribution in [3.63, 3.8) is 0 Å². The van der Waals surface area contributed by atoms with Crippen molar-refractivity contribution >= 4 is 46.4 Å². The van der Waals surface area contributed by atoms with Gasteiger partial charge >= 0.3 is 0 Å². The van der Waals surface area contributed by atoms with E-state index in [1.807, 2.05) is 0 Å². The molecule has 0 aliphatic rings. The first-order valence-electron chi connectivity index (χ1n) is 7.67. The lowest BCUT2D eigenvalue weighted by atomic mass is 10.4. The van der Waals surface area contributed by atoms with Gasteiger partial charge in [0.2, 0.25) is 11.8 Å². The molecule has 2 rings (SSSR count). The third kappa shape index (κ3) is 5.06. The van der Waals surface area contributed by atoms with Crippen molar-refractivity contribution in [3.8, 4) is 0 Å². The van der Waals surface area contributed by atoms with Crippen LogP contribution in [0.4, 0.5) is 0 Å². The highest BCUT2D eigenvalue weighted by atomic mass is 32.2. The molecule has 2 unspecified atom stereocenters. The van der Waals surface area contributed by atoms with Crippen molar-refractivity contribution in [1.82, 2.24) is 19.7 Å². The van der Waals surface area contributed by atoms with Gasteiger partial charge in [-0.1, -0.05) is 23.5 Å². The van der Waals surface area contributed by atoms with Crippen LogP contribution in [0.25, 0.3) is 11.0 Å². The minimum atomic E-state index is -0.527. The fourth-order valence-electron chi connectivity index (χ4n) is 1.80. The van der Waals surface area contributed by atoms with Crippen LogP contribution >= 0.6 is 23.5 Å². The van der Waals surface area contributed by atoms with Gasteiger partial charge in [0.1, 0.15) is 11.8 Å². The molecule has 26 heavy (non-hydrogen) atoms. The molecule has 12 heteroatoms. The maximum Gasteiger partial charge on any atom is 0.230 e. The number of fused-ring (bicyclic) bond motifs is 1. The summed E-state index contributed by atoms with van der Waals surface area (Å²) in [6, 6.07) is 0. The van der Waals surface area contributed by atoms with Crippen LogP contribution in [0.5, 0.6) is 0 Å². The van der Waals surface area contributed by atoms with E-state index < -0.39 is 22.3 Å². The predicted octanol–water partition coefficient (Wildman–Crippen LogP) is -0.275. The van der Waals surface area contributed by atoms with E-state index in [1.54, 1.807) is 20.0 Å². The van der Waals surface area contributed by atoms with E-state index in [2.05, 4.69) is 15.1 Å². The molecule has 0 aliphatic heterocycles. The van der Waals surface area contributed by atoms with Crippen LogP contribution in [-0.4, -0.2) is 60.4 Å². The monoisotopic (exact) mass is 400 g/mol. The Kier molecular flexibility index (Phi) is 7.20. The zero-order valence-electron chi connectivity index (χ0n) is 14.3. The lowest BCUT2D eigenvalue weighted by Gasteiger charge is -2.11. The third-order valence-electron chi connectivity index (χ3n) is 3.26. The molecule has 2 amide bonds. The van der Waals surface area contributed by atoms with Crippen molar-refractivity contribution in [2.45, 2.75) is 41.3 Å². The second-order valence-electron chi connectivity index (χ2n) is 5.28. The Bertz CT molecular complexity index is 799. The van der Waals surface area contributed by atoms with Gasteiger partial charge in [0.15, 0.2) is 10.8 Å². The van der Waals surface area contributed by atoms with Crippen molar-refractivity contribution < 1.29 is 19.4 Å². The van der Waals surface area contributed by atoms with E-state index in [-0.39, 0.29) is 19.9 Å². The van der Waals surface area contributed by atoms with Gasteiger partial charge in [-0.15, -0.1) is 0 Å². The van der Waals surface area contributed by atoms with Crippen molar-refractivity contribution in [3.05, 3.63) is 6.20 Å². The molecule has 0 aromatic carbocycles. The number of hydrogen-bond donors (Lipinski definition) is 3. The summed E-state index contributed by atoms with van der Waals surface area (Å²) in [4.78, 5) is 31.6. The lowest BCUT2D eigenvalue weighted by Crippen LogP contribution is -2.23. The number of amides is 2. The molecule has 2 aromatic rings. The molecular weight excluding hydrogens is 380 g/mol. The number of carbonyl (C=O) groups excluding carboxylic acids is 2. The summed E-state index contributed by atoms with van der Waals surface area (Å²) in [6.07, 6.45) is 1.57. The van der Waals surface area contributed by atoms with E-state index in [0.29, 0.717) is 21.2 Å². The number of ether oxygens (including phenoxy) is 1. The second kappa shape index (κ2) is 9.16. The number of thioether (sulfide) groups is 2. The summed E-state index contributed by atoms with van der Waals surface area (Å²) >= 11 is 2.29. The van der Waals surface area contributed by atoms with Crippen molar-refractivity contribution in [2.75, 3.05) is 13.2 Å². The summed E-state index contributed by atoms with van der Waals surface area (Å²) in [6.45, 7) is 3.47. The van der Waals surface area contributed by atoms with E-state index in [0.717, 1.165) is 11.8 Å². The Morgan fingerprint density at radius 2 is 1.88 bits per heavy atom. The molecule has 2 atom stereocenters. The quantitative estimate of drug-likeness (QED) is 0.211. The number of aliphatic hydroxyl groups is 1. The van der Waals surface area contributed by atoms with Gasteiger partial charge in [0.25, 0.3) is 0 Å². The van der Waals surface area contributed by atoms with Crippen molar-refractivity contribution in [1.29, 1.82) is 0 Å². The second-order valence-corrected chi connectivity index (χ2v) is 7.92. The van der Waals surface area contributed by atoms with Gasteiger partial charge in [0, 0.05) is 0 Å². The first kappa shape index (κ1) is 20.4. The minimum absolute atomic E-state index is 0.0893. The molecule has 5 N–H and O–H groups in total. The van der Waals surface area contributed by atoms with Gasteiger partial charge in [0.05, 0.1) is 35.3 Å². The zero-order valence-corrected chi connectivity index (χ0v) is 15.9. The van der Waals surface area contributed by atoms with E-state index >= 15 is 0 Å². The average molecular weight is 400 g/mol. The normalized spacial score (nSPS) is 13.7. The SMILES string of the molecule is CC(Sc1nc(SC(C)C(N)=O)c2cnn(COCCO)c2n1)C(N)=O. The van der Waals surface area contributed by atoms with Crippen LogP contribution in [0.3, 0.4) is 0 Å². The number of nitrogens with two attached hydrogens (primary N) is 2. The summed E-state index contributed by atoms with van der Waals surface area (Å²) in [5.74, 6) is -0.960. The van der Waals surface area contributed by atoms with Gasteiger partial charge < -0.3 is 21.3 Å². The zero-order chi connectivity index (χ0) is 19.3. The molecular formula is C14H20N6O4S2. The maximum atomic E-state index is 11.4. The molecule has 0 saturated heterocycles. The molecule has 0 radical (unpaired) electrons. The summed E-state index contributed by atoms with van der Waals surface area (Å²) in [7, 11) is 0. The number of nitrogens with zero attached hydrogens (tertiary/aromatic N) is 4. The van der Waals surface area contributed by atoms with Crippen LogP contribution in [0.1, 0.15) is 13.8 Å². The number of carbonyl (C=O) groups is 2. The smallest absolute Gasteiger partial charge is 0.230 e. The fraction of sp³-hybridized carbons (Fsp3) is 0.500. The van der Waals surface area contributed by atoms with Crippen molar-refractivity contribution in [2.24, 2.45) is 11.5 Å². The highest BCUT2D eigenvalue weighted by Gasteiger charge is 2.20. The van der Waals surface area contributed by atoms with Crippen LogP contribution in [0.2, 0.25) is 0 Å². The fourth-order valence-corrected chi connectivity index (χ4v) is 3.44. The topological polar surface area (TPSA) is 159 Å². The Morgan fingerprint density at radius 3 is 2.50 bits per heavy atom. The number of rotatable bonds is 10. The van der Waals surface area contributed by atoms with E-state index in [4.69, 9.17) is 21.3 Å². The van der Waals surface area contributed by atoms with Crippen LogP contribution in [0, 0.1) is 0 Å². The Hall–Kier alpha value is -1.89. The summed E-state index contributed by atoms with van der Waals surface area (Å²) < 4.78 is 6.79. The molecule has 0 spiro atoms. The number of aromatic nitrogens is 4. The highest BCUT2D eigenvalue weighted by molar-refractivity contribution is 8.01. The van der Waals surface area contributed by atoms with E-state index in [1.165, 1.54) is 16.4 Å². The Morgan fingerprint density at radius 1 is 1.23 bits per heavy atom. The third-order valence-corrected chi connectivity index (χ3v) is 5.36. The summed E-state index contributed by atoms with van der Waals surface area (Å²) in [5.41, 5.74) is 11.1. The Labute approximate surface area is 158 Å². The number of hydrogen-bond acceptors (Lipinski definition) is 9. The molecule has 2 heterocycles. The van der Waals surface area contributed by atoms with Gasteiger partial charge in [-0.25, -0.2) is 14.6 Å². The lowest BCUT2D eigenvalue weighted by molar-refractivity contribution is -0.118. The first-order valence-corrected chi connectivity index (χ1v) is 9.43. The molecule has 0 fully saturated rings. The minimum Gasteiger partial charge on any atom is -0.394 e. The largest absolute Gasteiger partial charge is 0.394 e. The van der Waals surface area contributed by atoms with Crippen LogP contribution in [0.15, 0.2) is 16.4 Å². The molecule has 2 aromatic heterocycles. The summed E-state index contributed by atoms with van der Waals surface area (Å²) in [5, 5.41) is 13.5. The first-order chi connectivity index (χ1) is 12.3. The number of aliphatic hydroxyl groups excluding tert-OH is 1. The molecule has 0 saturated carbocycles. The highest BCUT2D eigenvalue weighted by Crippen LogP contribution is 2.31.